The fourth-order valence-corrected chi connectivity index (χ4v) is 1.57. The Kier molecular flexibility index (Phi) is 3.40. The van der Waals surface area contributed by atoms with Crippen molar-refractivity contribution in [2.45, 2.75) is 6.61 Å². The minimum atomic E-state index is 0.00651. The lowest BCUT2D eigenvalue weighted by Gasteiger charge is -2.08. The number of ether oxygens (including phenoxy) is 1. The first-order valence-corrected chi connectivity index (χ1v) is 5.42. The predicted octanol–water partition coefficient (Wildman–Crippen LogP) is 3.33. The third-order valence-electron chi connectivity index (χ3n) is 2.26. The van der Waals surface area contributed by atoms with Gasteiger partial charge in [0.1, 0.15) is 23.9 Å². The first kappa shape index (κ1) is 11.6. The standard InChI is InChI=1S/C13H11ClO3/c14-10-2-1-3-12(6-10)17-8-9-4-5-11(15)7-13(9)16/h1-7,15-16H,8H2. The van der Waals surface area contributed by atoms with E-state index in [0.717, 1.165) is 0 Å². The van der Waals surface area contributed by atoms with Crippen LogP contribution in [0.5, 0.6) is 17.2 Å². The molecule has 0 bridgehead atoms. The van der Waals surface area contributed by atoms with Gasteiger partial charge in [0.05, 0.1) is 0 Å². The largest absolute Gasteiger partial charge is 0.508 e. The quantitative estimate of drug-likeness (QED) is 0.879. The van der Waals surface area contributed by atoms with E-state index in [9.17, 15) is 5.11 Å². The number of hydrogen-bond acceptors (Lipinski definition) is 3. The number of halogens is 1. The highest BCUT2D eigenvalue weighted by atomic mass is 35.5. The molecule has 88 valence electrons. The summed E-state index contributed by atoms with van der Waals surface area (Å²) in [6.45, 7) is 0.215. The van der Waals surface area contributed by atoms with Crippen LogP contribution in [0.3, 0.4) is 0 Å². The van der Waals surface area contributed by atoms with Gasteiger partial charge in [0, 0.05) is 16.7 Å². The Morgan fingerprint density at radius 2 is 1.88 bits per heavy atom. The average molecular weight is 251 g/mol. The van der Waals surface area contributed by atoms with Crippen molar-refractivity contribution in [1.82, 2.24) is 0 Å². The van der Waals surface area contributed by atoms with E-state index in [-0.39, 0.29) is 18.1 Å². The number of rotatable bonds is 3. The predicted molar refractivity (Wildman–Crippen MR) is 65.6 cm³/mol. The first-order chi connectivity index (χ1) is 8.15. The van der Waals surface area contributed by atoms with Crippen molar-refractivity contribution in [1.29, 1.82) is 0 Å². The van der Waals surface area contributed by atoms with Crippen molar-refractivity contribution >= 4 is 11.6 Å². The van der Waals surface area contributed by atoms with Gasteiger partial charge in [-0.05, 0) is 30.3 Å². The van der Waals surface area contributed by atoms with Gasteiger partial charge < -0.3 is 14.9 Å². The zero-order chi connectivity index (χ0) is 12.3. The molecule has 0 unspecified atom stereocenters. The third kappa shape index (κ3) is 3.04. The van der Waals surface area contributed by atoms with E-state index >= 15 is 0 Å². The summed E-state index contributed by atoms with van der Waals surface area (Å²) in [4.78, 5) is 0. The molecule has 0 radical (unpaired) electrons. The SMILES string of the molecule is Oc1ccc(COc2cccc(Cl)c2)c(O)c1. The fourth-order valence-electron chi connectivity index (χ4n) is 1.39. The average Bonchev–Trinajstić information content (AvgIpc) is 2.28. The van der Waals surface area contributed by atoms with Crippen molar-refractivity contribution in [2.75, 3.05) is 0 Å². The molecule has 0 aliphatic heterocycles. The van der Waals surface area contributed by atoms with E-state index in [1.54, 1.807) is 30.3 Å². The number of phenols is 2. The second-order valence-corrected chi connectivity index (χ2v) is 4.00. The molecule has 3 nitrogen and oxygen atoms in total. The van der Waals surface area contributed by atoms with Crippen LogP contribution >= 0.6 is 11.6 Å². The zero-order valence-electron chi connectivity index (χ0n) is 8.93. The molecule has 0 aromatic heterocycles. The molecule has 0 aliphatic carbocycles. The van der Waals surface area contributed by atoms with Crippen molar-refractivity contribution < 1.29 is 14.9 Å². The van der Waals surface area contributed by atoms with Crippen LogP contribution in [-0.4, -0.2) is 10.2 Å². The number of hydrogen-bond donors (Lipinski definition) is 2. The van der Waals surface area contributed by atoms with Gasteiger partial charge in [-0.1, -0.05) is 17.7 Å². The van der Waals surface area contributed by atoms with Gasteiger partial charge in [0.15, 0.2) is 0 Å². The van der Waals surface area contributed by atoms with E-state index in [1.165, 1.54) is 12.1 Å². The van der Waals surface area contributed by atoms with Crippen LogP contribution in [0.4, 0.5) is 0 Å². The Balaban J connectivity index is 2.07. The lowest BCUT2D eigenvalue weighted by Crippen LogP contribution is -1.95. The molecule has 0 amide bonds. The lowest BCUT2D eigenvalue weighted by atomic mass is 10.2. The van der Waals surface area contributed by atoms with Gasteiger partial charge in [-0.3, -0.25) is 0 Å². The summed E-state index contributed by atoms with van der Waals surface area (Å²) in [6.07, 6.45) is 0. The molecule has 0 spiro atoms. The fraction of sp³-hybridized carbons (Fsp3) is 0.0769. The van der Waals surface area contributed by atoms with Crippen LogP contribution in [0.2, 0.25) is 5.02 Å². The van der Waals surface area contributed by atoms with E-state index in [2.05, 4.69) is 0 Å². The Morgan fingerprint density at radius 1 is 1.06 bits per heavy atom. The maximum atomic E-state index is 9.56. The van der Waals surface area contributed by atoms with Gasteiger partial charge in [-0.15, -0.1) is 0 Å². The molecular weight excluding hydrogens is 240 g/mol. The Bertz CT molecular complexity index is 526. The van der Waals surface area contributed by atoms with Crippen LogP contribution in [0.1, 0.15) is 5.56 Å². The molecule has 0 saturated heterocycles. The van der Waals surface area contributed by atoms with Gasteiger partial charge in [0.2, 0.25) is 0 Å². The Labute approximate surface area is 104 Å². The third-order valence-corrected chi connectivity index (χ3v) is 2.49. The van der Waals surface area contributed by atoms with E-state index in [4.69, 9.17) is 21.4 Å². The molecule has 4 heteroatoms. The summed E-state index contributed by atoms with van der Waals surface area (Å²) >= 11 is 5.82. The highest BCUT2D eigenvalue weighted by Gasteiger charge is 2.03. The van der Waals surface area contributed by atoms with E-state index < -0.39 is 0 Å². The minimum Gasteiger partial charge on any atom is -0.508 e. The molecule has 2 rings (SSSR count). The van der Waals surface area contributed by atoms with Crippen LogP contribution in [0.25, 0.3) is 0 Å². The van der Waals surface area contributed by atoms with E-state index in [0.29, 0.717) is 16.3 Å². The summed E-state index contributed by atoms with van der Waals surface area (Å²) in [5.41, 5.74) is 0.600. The van der Waals surface area contributed by atoms with Gasteiger partial charge in [0.25, 0.3) is 0 Å². The maximum absolute atomic E-state index is 9.56. The molecule has 0 saturated carbocycles. The summed E-state index contributed by atoms with van der Waals surface area (Å²) in [6, 6.07) is 11.4. The molecule has 0 aliphatic rings. The van der Waals surface area contributed by atoms with Crippen LogP contribution in [0, 0.1) is 0 Å². The molecule has 0 fully saturated rings. The normalized spacial score (nSPS) is 10.2. The number of phenolic OH excluding ortho intramolecular Hbond substituents is 2. The minimum absolute atomic E-state index is 0.00651. The van der Waals surface area contributed by atoms with Gasteiger partial charge in [-0.25, -0.2) is 0 Å². The number of aromatic hydroxyl groups is 2. The molecule has 2 N–H and O–H groups in total. The molecule has 0 atom stereocenters. The van der Waals surface area contributed by atoms with Gasteiger partial charge >= 0.3 is 0 Å². The number of benzene rings is 2. The van der Waals surface area contributed by atoms with Crippen LogP contribution < -0.4 is 4.74 Å². The van der Waals surface area contributed by atoms with Crippen molar-refractivity contribution in [3.8, 4) is 17.2 Å². The van der Waals surface area contributed by atoms with Crippen molar-refractivity contribution in [2.24, 2.45) is 0 Å². The lowest BCUT2D eigenvalue weighted by molar-refractivity contribution is 0.298. The summed E-state index contributed by atoms with van der Waals surface area (Å²) in [7, 11) is 0. The zero-order valence-corrected chi connectivity index (χ0v) is 9.69. The molecule has 17 heavy (non-hydrogen) atoms. The Hall–Kier alpha value is -1.87. The first-order valence-electron chi connectivity index (χ1n) is 5.04. The van der Waals surface area contributed by atoms with Crippen LogP contribution in [0.15, 0.2) is 42.5 Å². The van der Waals surface area contributed by atoms with Gasteiger partial charge in [-0.2, -0.15) is 0 Å². The van der Waals surface area contributed by atoms with Crippen LogP contribution in [-0.2, 0) is 6.61 Å². The summed E-state index contributed by atoms with van der Waals surface area (Å²) in [5.74, 6) is 0.658. The summed E-state index contributed by atoms with van der Waals surface area (Å²) < 4.78 is 5.47. The molecule has 2 aromatic carbocycles. The smallest absolute Gasteiger partial charge is 0.125 e. The monoisotopic (exact) mass is 250 g/mol. The summed E-state index contributed by atoms with van der Waals surface area (Å²) in [5, 5.41) is 19.3. The van der Waals surface area contributed by atoms with E-state index in [1.807, 2.05) is 0 Å². The molecule has 0 heterocycles. The molecular formula is C13H11ClO3. The Morgan fingerprint density at radius 3 is 2.59 bits per heavy atom. The maximum Gasteiger partial charge on any atom is 0.125 e. The van der Waals surface area contributed by atoms with Crippen molar-refractivity contribution in [3.05, 3.63) is 53.1 Å². The topological polar surface area (TPSA) is 49.7 Å². The highest BCUT2D eigenvalue weighted by Crippen LogP contribution is 2.24. The molecule has 2 aromatic rings. The second kappa shape index (κ2) is 4.97. The highest BCUT2D eigenvalue weighted by molar-refractivity contribution is 6.30. The second-order valence-electron chi connectivity index (χ2n) is 3.56. The van der Waals surface area contributed by atoms with Crippen molar-refractivity contribution in [3.63, 3.8) is 0 Å².